The van der Waals surface area contributed by atoms with Gasteiger partial charge in [0.2, 0.25) is 0 Å². The SMILES string of the molecule is c1ccc(-c2ccc(-c3nc(-c4ccc(-c5ccccc5)cc4)nc(-c4ccc5c(ccc6ccncc65)c4)n3)cc2)cc1. The second kappa shape index (κ2) is 11.0. The number of pyridine rings is 1. The number of aromatic nitrogens is 4. The van der Waals surface area contributed by atoms with Gasteiger partial charge in [-0.3, -0.25) is 4.98 Å². The zero-order valence-corrected chi connectivity index (χ0v) is 23.8. The quantitative estimate of drug-likeness (QED) is 0.196. The summed E-state index contributed by atoms with van der Waals surface area (Å²) in [6.07, 6.45) is 3.75. The van der Waals surface area contributed by atoms with Crippen molar-refractivity contribution in [1.82, 2.24) is 19.9 Å². The van der Waals surface area contributed by atoms with Gasteiger partial charge in [0.1, 0.15) is 0 Å². The van der Waals surface area contributed by atoms with Gasteiger partial charge in [-0.2, -0.15) is 0 Å². The van der Waals surface area contributed by atoms with Gasteiger partial charge in [-0.25, -0.2) is 15.0 Å². The Morgan fingerprint density at radius 3 is 1.34 bits per heavy atom. The van der Waals surface area contributed by atoms with Gasteiger partial charge in [0, 0.05) is 34.5 Å². The molecule has 0 atom stereocenters. The normalized spacial score (nSPS) is 11.2. The lowest BCUT2D eigenvalue weighted by Crippen LogP contribution is -2.00. The van der Waals surface area contributed by atoms with Crippen molar-refractivity contribution in [2.24, 2.45) is 0 Å². The van der Waals surface area contributed by atoms with Gasteiger partial charge in [0.25, 0.3) is 0 Å². The lowest BCUT2D eigenvalue weighted by molar-refractivity contribution is 1.07. The van der Waals surface area contributed by atoms with E-state index in [-0.39, 0.29) is 0 Å². The average molecular weight is 563 g/mol. The molecular formula is C40H26N4. The molecule has 2 heterocycles. The maximum atomic E-state index is 5.00. The molecule has 0 radical (unpaired) electrons. The van der Waals surface area contributed by atoms with E-state index in [1.807, 2.05) is 30.6 Å². The summed E-state index contributed by atoms with van der Waals surface area (Å²) in [5.74, 6) is 1.91. The van der Waals surface area contributed by atoms with Crippen molar-refractivity contribution in [2.75, 3.05) is 0 Å². The minimum atomic E-state index is 0.637. The van der Waals surface area contributed by atoms with Crippen molar-refractivity contribution in [3.05, 3.63) is 158 Å². The first-order valence-electron chi connectivity index (χ1n) is 14.6. The molecule has 4 nitrogen and oxygen atoms in total. The summed E-state index contributed by atoms with van der Waals surface area (Å²) in [5, 5.41) is 4.57. The third-order valence-electron chi connectivity index (χ3n) is 8.03. The predicted octanol–water partition coefficient (Wildman–Crippen LogP) is 9.91. The molecule has 0 aliphatic rings. The van der Waals surface area contributed by atoms with E-state index in [1.54, 1.807) is 0 Å². The van der Waals surface area contributed by atoms with E-state index in [1.165, 1.54) is 16.5 Å². The van der Waals surface area contributed by atoms with Gasteiger partial charge in [-0.1, -0.05) is 133 Å². The van der Waals surface area contributed by atoms with Crippen molar-refractivity contribution in [2.45, 2.75) is 0 Å². The zero-order chi connectivity index (χ0) is 29.3. The Morgan fingerprint density at radius 1 is 0.318 bits per heavy atom. The van der Waals surface area contributed by atoms with E-state index >= 15 is 0 Å². The highest BCUT2D eigenvalue weighted by Crippen LogP contribution is 2.31. The van der Waals surface area contributed by atoms with Crippen LogP contribution in [0.4, 0.5) is 0 Å². The van der Waals surface area contributed by atoms with Gasteiger partial charge in [0.15, 0.2) is 17.5 Å². The van der Waals surface area contributed by atoms with Gasteiger partial charge in [-0.05, 0) is 50.5 Å². The summed E-state index contributed by atoms with van der Waals surface area (Å²) in [4.78, 5) is 19.3. The molecule has 0 aliphatic heterocycles. The van der Waals surface area contributed by atoms with Crippen LogP contribution in [-0.4, -0.2) is 19.9 Å². The summed E-state index contributed by atoms with van der Waals surface area (Å²) in [5.41, 5.74) is 7.46. The summed E-state index contributed by atoms with van der Waals surface area (Å²) in [6, 6.07) is 50.3. The minimum absolute atomic E-state index is 0.637. The predicted molar refractivity (Wildman–Crippen MR) is 180 cm³/mol. The number of rotatable bonds is 5. The second-order valence-corrected chi connectivity index (χ2v) is 10.8. The maximum Gasteiger partial charge on any atom is 0.164 e. The second-order valence-electron chi connectivity index (χ2n) is 10.8. The fraction of sp³-hybridized carbons (Fsp3) is 0. The molecule has 8 aromatic rings. The van der Waals surface area contributed by atoms with Crippen LogP contribution in [0.15, 0.2) is 158 Å². The maximum absolute atomic E-state index is 5.00. The summed E-state index contributed by atoms with van der Waals surface area (Å²) in [6.45, 7) is 0. The van der Waals surface area contributed by atoms with Crippen LogP contribution in [0.2, 0.25) is 0 Å². The largest absolute Gasteiger partial charge is 0.264 e. The molecule has 2 aromatic heterocycles. The molecule has 6 aromatic carbocycles. The fourth-order valence-electron chi connectivity index (χ4n) is 5.69. The Labute approximate surface area is 255 Å². The molecule has 8 rings (SSSR count). The van der Waals surface area contributed by atoms with Crippen molar-refractivity contribution < 1.29 is 0 Å². The van der Waals surface area contributed by atoms with E-state index in [9.17, 15) is 0 Å². The summed E-state index contributed by atoms with van der Waals surface area (Å²) in [7, 11) is 0. The van der Waals surface area contributed by atoms with Crippen LogP contribution in [-0.2, 0) is 0 Å². The monoisotopic (exact) mass is 562 g/mol. The first-order chi connectivity index (χ1) is 21.8. The zero-order valence-electron chi connectivity index (χ0n) is 23.8. The first-order valence-corrected chi connectivity index (χ1v) is 14.6. The third kappa shape index (κ3) is 4.89. The Bertz CT molecular complexity index is 2140. The summed E-state index contributed by atoms with van der Waals surface area (Å²) >= 11 is 0. The highest BCUT2D eigenvalue weighted by atomic mass is 15.0. The van der Waals surface area contributed by atoms with Crippen molar-refractivity contribution in [3.63, 3.8) is 0 Å². The van der Waals surface area contributed by atoms with Crippen molar-refractivity contribution in [1.29, 1.82) is 0 Å². The molecule has 0 fully saturated rings. The Kier molecular flexibility index (Phi) is 6.43. The van der Waals surface area contributed by atoms with E-state index in [0.717, 1.165) is 44.0 Å². The molecule has 206 valence electrons. The minimum Gasteiger partial charge on any atom is -0.264 e. The fourth-order valence-corrected chi connectivity index (χ4v) is 5.69. The first kappa shape index (κ1) is 25.7. The molecular weight excluding hydrogens is 536 g/mol. The lowest BCUT2D eigenvalue weighted by atomic mass is 10.0. The third-order valence-corrected chi connectivity index (χ3v) is 8.03. The number of fused-ring (bicyclic) bond motifs is 3. The van der Waals surface area contributed by atoms with Gasteiger partial charge in [0.05, 0.1) is 0 Å². The van der Waals surface area contributed by atoms with Crippen LogP contribution in [0.25, 0.3) is 78.0 Å². The van der Waals surface area contributed by atoms with E-state index in [4.69, 9.17) is 15.0 Å². The molecule has 0 aliphatic carbocycles. The van der Waals surface area contributed by atoms with Crippen molar-refractivity contribution >= 4 is 21.5 Å². The Morgan fingerprint density at radius 2 is 0.773 bits per heavy atom. The molecule has 4 heteroatoms. The molecule has 0 amide bonds. The van der Waals surface area contributed by atoms with Crippen LogP contribution in [0.5, 0.6) is 0 Å². The number of hydrogen-bond acceptors (Lipinski definition) is 4. The van der Waals surface area contributed by atoms with E-state index in [2.05, 4.69) is 132 Å². The molecule has 44 heavy (non-hydrogen) atoms. The standard InChI is InChI=1S/C40H26N4/c1-3-7-27(8-4-1)29-11-16-32(17-12-29)38-42-39(33-18-13-30(14-19-33)28-9-5-2-6-10-28)44-40(43-38)35-21-22-36-34(25-35)20-15-31-23-24-41-26-37(31)36/h1-26H. The van der Waals surface area contributed by atoms with Gasteiger partial charge < -0.3 is 0 Å². The highest BCUT2D eigenvalue weighted by molar-refractivity contribution is 6.07. The molecule has 0 saturated heterocycles. The van der Waals surface area contributed by atoms with Crippen LogP contribution >= 0.6 is 0 Å². The van der Waals surface area contributed by atoms with E-state index in [0.29, 0.717) is 17.5 Å². The number of hydrogen-bond donors (Lipinski definition) is 0. The molecule has 0 bridgehead atoms. The molecule has 0 N–H and O–H groups in total. The van der Waals surface area contributed by atoms with Crippen LogP contribution in [0.1, 0.15) is 0 Å². The molecule has 0 saturated carbocycles. The van der Waals surface area contributed by atoms with Crippen LogP contribution in [0, 0.1) is 0 Å². The number of benzene rings is 6. The molecule has 0 spiro atoms. The Hall–Kier alpha value is -6.00. The van der Waals surface area contributed by atoms with Crippen LogP contribution < -0.4 is 0 Å². The van der Waals surface area contributed by atoms with Crippen molar-refractivity contribution in [3.8, 4) is 56.4 Å². The number of nitrogens with zero attached hydrogens (tertiary/aromatic N) is 4. The van der Waals surface area contributed by atoms with Gasteiger partial charge >= 0.3 is 0 Å². The topological polar surface area (TPSA) is 51.6 Å². The smallest absolute Gasteiger partial charge is 0.164 e. The lowest BCUT2D eigenvalue weighted by Gasteiger charge is -2.11. The average Bonchev–Trinajstić information content (AvgIpc) is 3.12. The summed E-state index contributed by atoms with van der Waals surface area (Å²) < 4.78 is 0. The van der Waals surface area contributed by atoms with E-state index < -0.39 is 0 Å². The highest BCUT2D eigenvalue weighted by Gasteiger charge is 2.14. The Balaban J connectivity index is 1.24. The molecule has 0 unspecified atom stereocenters. The van der Waals surface area contributed by atoms with Gasteiger partial charge in [-0.15, -0.1) is 0 Å². The van der Waals surface area contributed by atoms with Crippen LogP contribution in [0.3, 0.4) is 0 Å².